The number of hydrogen-bond acceptors (Lipinski definition) is 3. The van der Waals surface area contributed by atoms with Crippen molar-refractivity contribution in [2.75, 3.05) is 13.2 Å². The minimum absolute atomic E-state index is 0.0293. The number of benzene rings is 1. The molecule has 33 heavy (non-hydrogen) atoms. The van der Waals surface area contributed by atoms with Crippen molar-refractivity contribution in [2.24, 2.45) is 5.41 Å². The zero-order valence-corrected chi connectivity index (χ0v) is 21.7. The van der Waals surface area contributed by atoms with Crippen LogP contribution in [0.3, 0.4) is 0 Å². The van der Waals surface area contributed by atoms with Crippen molar-refractivity contribution in [3.8, 4) is 0 Å². The van der Waals surface area contributed by atoms with E-state index < -0.39 is 0 Å². The van der Waals surface area contributed by atoms with Gasteiger partial charge in [0, 0.05) is 12.0 Å². The van der Waals surface area contributed by atoms with E-state index in [0.29, 0.717) is 6.61 Å². The van der Waals surface area contributed by atoms with Crippen LogP contribution in [-0.4, -0.2) is 30.5 Å². The molecule has 3 atom stereocenters. The summed E-state index contributed by atoms with van der Waals surface area (Å²) in [5, 5.41) is 10.0. The average molecular weight is 461 g/mol. The van der Waals surface area contributed by atoms with Gasteiger partial charge in [0.25, 0.3) is 0 Å². The van der Waals surface area contributed by atoms with E-state index in [1.165, 1.54) is 76.2 Å². The Morgan fingerprint density at radius 1 is 0.939 bits per heavy atom. The lowest BCUT2D eigenvalue weighted by molar-refractivity contribution is -0.0758. The molecule has 0 radical (unpaired) electrons. The van der Waals surface area contributed by atoms with E-state index in [0.717, 1.165) is 45.3 Å². The third-order valence-electron chi connectivity index (χ3n) is 7.45. The summed E-state index contributed by atoms with van der Waals surface area (Å²) in [6, 6.07) is 10.5. The predicted molar refractivity (Wildman–Crippen MR) is 139 cm³/mol. The fraction of sp³-hybridized carbons (Fsp3) is 0.800. The summed E-state index contributed by atoms with van der Waals surface area (Å²) in [6.07, 6.45) is 20.3. The molecule has 0 bridgehead atoms. The first-order chi connectivity index (χ1) is 16.2. The lowest BCUT2D eigenvalue weighted by Crippen LogP contribution is -2.40. The van der Waals surface area contributed by atoms with Crippen LogP contribution in [0.2, 0.25) is 0 Å². The van der Waals surface area contributed by atoms with E-state index in [-0.39, 0.29) is 17.6 Å². The summed E-state index contributed by atoms with van der Waals surface area (Å²) in [7, 11) is 0. The SMILES string of the molecule is CCCCCCCCCCCCCC(CCC(C)O)(COCc1ccccc1)C1CCCO1. The number of aliphatic hydroxyl groups excluding tert-OH is 1. The van der Waals surface area contributed by atoms with Gasteiger partial charge in [-0.2, -0.15) is 0 Å². The molecule has 0 aliphatic carbocycles. The molecule has 1 aromatic rings. The Labute approximate surface area is 204 Å². The summed E-state index contributed by atoms with van der Waals surface area (Å²) in [6.45, 7) is 6.46. The van der Waals surface area contributed by atoms with E-state index in [1.54, 1.807) is 0 Å². The molecule has 1 heterocycles. The fourth-order valence-corrected chi connectivity index (χ4v) is 5.33. The molecule has 3 nitrogen and oxygen atoms in total. The molecule has 0 aromatic heterocycles. The molecular formula is C30H52O3. The molecule has 0 amide bonds. The third kappa shape index (κ3) is 11.9. The number of aliphatic hydroxyl groups is 1. The maximum absolute atomic E-state index is 10.0. The molecule has 0 spiro atoms. The van der Waals surface area contributed by atoms with Gasteiger partial charge in [-0.25, -0.2) is 0 Å². The van der Waals surface area contributed by atoms with E-state index in [1.807, 2.05) is 6.92 Å². The summed E-state index contributed by atoms with van der Waals surface area (Å²) >= 11 is 0. The second-order valence-corrected chi connectivity index (χ2v) is 10.5. The number of unbranched alkanes of at least 4 members (excludes halogenated alkanes) is 10. The van der Waals surface area contributed by atoms with Crippen molar-refractivity contribution >= 4 is 0 Å². The number of rotatable bonds is 20. The first-order valence-electron chi connectivity index (χ1n) is 14.1. The van der Waals surface area contributed by atoms with Crippen molar-refractivity contribution in [3.63, 3.8) is 0 Å². The minimum atomic E-state index is -0.266. The lowest BCUT2D eigenvalue weighted by atomic mass is 9.73. The molecule has 0 saturated carbocycles. The second kappa shape index (κ2) is 17.5. The van der Waals surface area contributed by atoms with Crippen LogP contribution < -0.4 is 0 Å². The van der Waals surface area contributed by atoms with Crippen LogP contribution in [0.4, 0.5) is 0 Å². The zero-order valence-electron chi connectivity index (χ0n) is 21.7. The standard InChI is InChI=1S/C30H52O3/c1-3-4-5-6-7-8-9-10-11-12-16-22-30(23-21-27(2)31,29-20-17-24-33-29)26-32-25-28-18-14-13-15-19-28/h13-15,18-19,27,29,31H,3-12,16-17,20-26H2,1-2H3. The Kier molecular flexibility index (Phi) is 15.0. The smallest absolute Gasteiger partial charge is 0.0717 e. The van der Waals surface area contributed by atoms with Crippen LogP contribution in [-0.2, 0) is 16.1 Å². The molecule has 1 aliphatic rings. The highest BCUT2D eigenvalue weighted by Gasteiger charge is 2.41. The van der Waals surface area contributed by atoms with Gasteiger partial charge >= 0.3 is 0 Å². The Hall–Kier alpha value is -0.900. The molecule has 1 N–H and O–H groups in total. The van der Waals surface area contributed by atoms with Crippen molar-refractivity contribution < 1.29 is 14.6 Å². The molecule has 1 aliphatic heterocycles. The van der Waals surface area contributed by atoms with E-state index in [9.17, 15) is 5.11 Å². The quantitative estimate of drug-likeness (QED) is 0.199. The van der Waals surface area contributed by atoms with Gasteiger partial charge in [0.05, 0.1) is 25.4 Å². The Bertz CT molecular complexity index is 567. The molecule has 190 valence electrons. The highest BCUT2D eigenvalue weighted by molar-refractivity contribution is 5.13. The normalized spacial score (nSPS) is 18.9. The maximum atomic E-state index is 10.0. The fourth-order valence-electron chi connectivity index (χ4n) is 5.33. The summed E-state index contributed by atoms with van der Waals surface area (Å²) < 4.78 is 12.6. The van der Waals surface area contributed by atoms with Crippen LogP contribution in [0.15, 0.2) is 30.3 Å². The molecule has 1 aromatic carbocycles. The van der Waals surface area contributed by atoms with E-state index >= 15 is 0 Å². The molecule has 1 saturated heterocycles. The largest absolute Gasteiger partial charge is 0.393 e. The molecule has 2 rings (SSSR count). The van der Waals surface area contributed by atoms with Gasteiger partial charge in [-0.3, -0.25) is 0 Å². The first kappa shape index (κ1) is 28.3. The maximum Gasteiger partial charge on any atom is 0.0717 e. The molecular weight excluding hydrogens is 408 g/mol. The topological polar surface area (TPSA) is 38.7 Å². The molecule has 1 fully saturated rings. The Balaban J connectivity index is 1.79. The van der Waals surface area contributed by atoms with Gasteiger partial charge in [0.2, 0.25) is 0 Å². The zero-order chi connectivity index (χ0) is 23.6. The first-order valence-corrected chi connectivity index (χ1v) is 14.1. The lowest BCUT2D eigenvalue weighted by Gasteiger charge is -2.39. The van der Waals surface area contributed by atoms with E-state index in [4.69, 9.17) is 9.47 Å². The van der Waals surface area contributed by atoms with Crippen LogP contribution in [0.25, 0.3) is 0 Å². The van der Waals surface area contributed by atoms with Gasteiger partial charge in [0.15, 0.2) is 0 Å². The summed E-state index contributed by atoms with van der Waals surface area (Å²) in [5.41, 5.74) is 1.26. The summed E-state index contributed by atoms with van der Waals surface area (Å²) in [5.74, 6) is 0. The van der Waals surface area contributed by atoms with Gasteiger partial charge in [-0.05, 0) is 44.6 Å². The Morgan fingerprint density at radius 3 is 2.15 bits per heavy atom. The minimum Gasteiger partial charge on any atom is -0.393 e. The third-order valence-corrected chi connectivity index (χ3v) is 7.45. The number of ether oxygens (including phenoxy) is 2. The average Bonchev–Trinajstić information content (AvgIpc) is 3.37. The highest BCUT2D eigenvalue weighted by atomic mass is 16.5. The van der Waals surface area contributed by atoms with Crippen molar-refractivity contribution in [3.05, 3.63) is 35.9 Å². The van der Waals surface area contributed by atoms with Crippen LogP contribution >= 0.6 is 0 Å². The van der Waals surface area contributed by atoms with Gasteiger partial charge in [0.1, 0.15) is 0 Å². The number of hydrogen-bond donors (Lipinski definition) is 1. The van der Waals surface area contributed by atoms with Gasteiger partial charge in [-0.15, -0.1) is 0 Å². The second-order valence-electron chi connectivity index (χ2n) is 10.5. The highest BCUT2D eigenvalue weighted by Crippen LogP contribution is 2.41. The van der Waals surface area contributed by atoms with Crippen molar-refractivity contribution in [1.29, 1.82) is 0 Å². The van der Waals surface area contributed by atoms with Crippen LogP contribution in [0.5, 0.6) is 0 Å². The van der Waals surface area contributed by atoms with Gasteiger partial charge in [-0.1, -0.05) is 108 Å². The van der Waals surface area contributed by atoms with Crippen LogP contribution in [0, 0.1) is 5.41 Å². The van der Waals surface area contributed by atoms with Gasteiger partial charge < -0.3 is 14.6 Å². The molecule has 3 heteroatoms. The van der Waals surface area contributed by atoms with Crippen molar-refractivity contribution in [1.82, 2.24) is 0 Å². The monoisotopic (exact) mass is 460 g/mol. The van der Waals surface area contributed by atoms with Crippen molar-refractivity contribution in [2.45, 2.75) is 135 Å². The van der Waals surface area contributed by atoms with Crippen LogP contribution in [0.1, 0.15) is 122 Å². The Morgan fingerprint density at radius 2 is 1.58 bits per heavy atom. The predicted octanol–water partition coefficient (Wildman–Crippen LogP) is 8.23. The van der Waals surface area contributed by atoms with E-state index in [2.05, 4.69) is 37.3 Å². The molecule has 3 unspecified atom stereocenters. The summed E-state index contributed by atoms with van der Waals surface area (Å²) in [4.78, 5) is 0.